The average molecular weight is 1160 g/mol. The Morgan fingerprint density at radius 3 is 0.920 bits per heavy atom. The number of thiophene rings is 2. The molecule has 0 radical (unpaired) electrons. The molecule has 0 saturated carbocycles. The van der Waals surface area contributed by atoms with Gasteiger partial charge in [-0.05, 0) is 72.8 Å². The largest absolute Gasteiger partial charge is 0.308 e. The molecule has 8 heteroatoms. The smallest absolute Gasteiger partial charge is 0.160 e. The molecule has 6 aromatic heterocycles. The zero-order valence-corrected chi connectivity index (χ0v) is 49.0. The molecule has 6 heterocycles. The first kappa shape index (κ1) is 51.3. The summed E-state index contributed by atoms with van der Waals surface area (Å²) in [5.74, 6) is 1.44. The van der Waals surface area contributed by atoms with Crippen LogP contribution in [0.5, 0.6) is 0 Å². The fraction of sp³-hybridized carbons (Fsp3) is 0. The van der Waals surface area contributed by atoms with Gasteiger partial charge in [0.05, 0.1) is 54.2 Å². The minimum atomic E-state index is 0.714. The van der Waals surface area contributed by atoms with Crippen LogP contribution in [0, 0.1) is 0 Å². The van der Waals surface area contributed by atoms with E-state index in [2.05, 4.69) is 240 Å². The van der Waals surface area contributed by atoms with Crippen LogP contribution >= 0.6 is 22.7 Å². The molecule has 88 heavy (non-hydrogen) atoms. The Morgan fingerprint density at radius 2 is 0.523 bits per heavy atom. The lowest BCUT2D eigenvalue weighted by molar-refractivity contribution is 1.17. The van der Waals surface area contributed by atoms with Gasteiger partial charge in [0.2, 0.25) is 0 Å². The summed E-state index contributed by atoms with van der Waals surface area (Å²) in [6, 6.07) is 107. The van der Waals surface area contributed by atoms with Crippen molar-refractivity contribution in [2.45, 2.75) is 0 Å². The summed E-state index contributed by atoms with van der Waals surface area (Å²) in [5, 5.41) is 10.3. The molecule has 12 aromatic carbocycles. The van der Waals surface area contributed by atoms with E-state index in [0.29, 0.717) is 5.82 Å². The Labute approximate surface area is 514 Å². The molecular formula is C80H50N6S2. The third kappa shape index (κ3) is 8.84. The molecule has 18 aromatic rings. The molecule has 0 amide bonds. The quantitative estimate of drug-likeness (QED) is 0.152. The van der Waals surface area contributed by atoms with Crippen molar-refractivity contribution in [2.75, 3.05) is 0 Å². The summed E-state index contributed by atoms with van der Waals surface area (Å²) in [7, 11) is 0. The molecular weight excluding hydrogens is 1110 g/mol. The third-order valence-electron chi connectivity index (χ3n) is 16.9. The van der Waals surface area contributed by atoms with Gasteiger partial charge in [0.25, 0.3) is 0 Å². The monoisotopic (exact) mass is 1160 g/mol. The highest BCUT2D eigenvalue weighted by atomic mass is 32.1. The molecule has 0 spiro atoms. The minimum absolute atomic E-state index is 0.714. The average Bonchev–Trinajstić information content (AvgIpc) is 3.26. The van der Waals surface area contributed by atoms with Crippen molar-refractivity contribution in [1.29, 1.82) is 0 Å². The second-order valence-electron chi connectivity index (χ2n) is 22.1. The van der Waals surface area contributed by atoms with Crippen molar-refractivity contribution in [2.24, 2.45) is 0 Å². The maximum Gasteiger partial charge on any atom is 0.160 e. The molecule has 6 nitrogen and oxygen atoms in total. The van der Waals surface area contributed by atoms with Gasteiger partial charge in [-0.1, -0.05) is 231 Å². The zero-order valence-electron chi connectivity index (χ0n) is 47.4. The Balaban J connectivity index is 0.000000137. The van der Waals surface area contributed by atoms with E-state index in [9.17, 15) is 0 Å². The van der Waals surface area contributed by atoms with E-state index in [1.54, 1.807) is 0 Å². The highest BCUT2D eigenvalue weighted by molar-refractivity contribution is 7.27. The number of para-hydroxylation sites is 2. The highest BCUT2D eigenvalue weighted by Crippen LogP contribution is 2.45. The maximum absolute atomic E-state index is 5.04. The molecule has 0 fully saturated rings. The Bertz CT molecular complexity index is 5190. The lowest BCUT2D eigenvalue weighted by Gasteiger charge is -2.12. The third-order valence-corrected chi connectivity index (χ3v) is 19.2. The Hall–Kier alpha value is -11.2. The van der Waals surface area contributed by atoms with Gasteiger partial charge in [0.15, 0.2) is 11.6 Å². The van der Waals surface area contributed by atoms with Crippen LogP contribution in [-0.2, 0) is 0 Å². The normalized spacial score (nSPS) is 11.6. The second kappa shape index (κ2) is 21.4. The van der Waals surface area contributed by atoms with Gasteiger partial charge in [0.1, 0.15) is 0 Å². The SMILES string of the molecule is c1ccc(-c2cc(-c3ccc(-n4c5ccccc5c5ccc6c7ccccc7sc6c54)cc3)nc(-c3ccccc3)n2)cc1.c1ccc(-c2cc(-c3ccccc3)nc(-c3ccc(-n4c5ccccc5c5ccc6c7ccccc7sc6c54)cc3)n2)cc1. The van der Waals surface area contributed by atoms with Crippen molar-refractivity contribution in [3.63, 3.8) is 0 Å². The number of nitrogens with zero attached hydrogens (tertiary/aromatic N) is 6. The summed E-state index contributed by atoms with van der Waals surface area (Å²) in [5.41, 5.74) is 17.1. The van der Waals surface area contributed by atoms with E-state index < -0.39 is 0 Å². The molecule has 0 aliphatic carbocycles. The van der Waals surface area contributed by atoms with Crippen LogP contribution in [0.25, 0.3) is 163 Å². The lowest BCUT2D eigenvalue weighted by atomic mass is 10.1. The number of aromatic nitrogens is 6. The van der Waals surface area contributed by atoms with Gasteiger partial charge in [-0.15, -0.1) is 22.7 Å². The van der Waals surface area contributed by atoms with Crippen LogP contribution in [-0.4, -0.2) is 29.1 Å². The molecule has 0 N–H and O–H groups in total. The van der Waals surface area contributed by atoms with E-state index in [1.165, 1.54) is 84.0 Å². The lowest BCUT2D eigenvalue weighted by Crippen LogP contribution is -1.97. The molecule has 18 rings (SSSR count). The number of hydrogen-bond donors (Lipinski definition) is 0. The minimum Gasteiger partial charge on any atom is -0.308 e. The van der Waals surface area contributed by atoms with Crippen LogP contribution < -0.4 is 0 Å². The molecule has 0 aliphatic rings. The predicted octanol–water partition coefficient (Wildman–Crippen LogP) is 21.9. The Kier molecular flexibility index (Phi) is 12.5. The molecule has 0 bridgehead atoms. The summed E-state index contributed by atoms with van der Waals surface area (Å²) in [6.07, 6.45) is 0. The maximum atomic E-state index is 5.04. The van der Waals surface area contributed by atoms with Crippen LogP contribution in [0.4, 0.5) is 0 Å². The van der Waals surface area contributed by atoms with Crippen molar-refractivity contribution in [3.8, 4) is 79.2 Å². The van der Waals surface area contributed by atoms with Crippen molar-refractivity contribution in [1.82, 2.24) is 29.1 Å². The molecule has 412 valence electrons. The Morgan fingerprint density at radius 1 is 0.227 bits per heavy atom. The van der Waals surface area contributed by atoms with E-state index in [-0.39, 0.29) is 0 Å². The fourth-order valence-corrected chi connectivity index (χ4v) is 15.2. The van der Waals surface area contributed by atoms with Gasteiger partial charge in [-0.25, -0.2) is 19.9 Å². The summed E-state index contributed by atoms with van der Waals surface area (Å²) in [4.78, 5) is 20.1. The summed E-state index contributed by atoms with van der Waals surface area (Å²) in [6.45, 7) is 0. The van der Waals surface area contributed by atoms with Crippen molar-refractivity contribution >= 4 is 107 Å². The van der Waals surface area contributed by atoms with Crippen LogP contribution in [0.2, 0.25) is 0 Å². The van der Waals surface area contributed by atoms with Gasteiger partial charge in [-0.3, -0.25) is 0 Å². The molecule has 0 saturated heterocycles. The first-order valence-corrected chi connectivity index (χ1v) is 31.2. The number of rotatable bonds is 8. The van der Waals surface area contributed by atoms with Crippen LogP contribution in [0.15, 0.2) is 303 Å². The van der Waals surface area contributed by atoms with Gasteiger partial charge in [0, 0.05) is 97.2 Å². The van der Waals surface area contributed by atoms with E-state index in [0.717, 1.165) is 73.4 Å². The van der Waals surface area contributed by atoms with Gasteiger partial charge < -0.3 is 9.13 Å². The first-order valence-electron chi connectivity index (χ1n) is 29.5. The van der Waals surface area contributed by atoms with Gasteiger partial charge in [-0.2, -0.15) is 0 Å². The molecule has 0 unspecified atom stereocenters. The second-order valence-corrected chi connectivity index (χ2v) is 24.2. The first-order chi connectivity index (χ1) is 43.6. The van der Waals surface area contributed by atoms with Crippen molar-refractivity contribution < 1.29 is 0 Å². The topological polar surface area (TPSA) is 61.4 Å². The van der Waals surface area contributed by atoms with Crippen molar-refractivity contribution in [3.05, 3.63) is 303 Å². The number of fused-ring (bicyclic) bond motifs is 14. The molecule has 0 atom stereocenters. The van der Waals surface area contributed by atoms with E-state index >= 15 is 0 Å². The fourth-order valence-electron chi connectivity index (χ4n) is 12.7. The number of hydrogen-bond acceptors (Lipinski definition) is 6. The number of benzene rings is 12. The van der Waals surface area contributed by atoms with E-state index in [1.807, 2.05) is 95.5 Å². The highest BCUT2D eigenvalue weighted by Gasteiger charge is 2.21. The predicted molar refractivity (Wildman–Crippen MR) is 371 cm³/mol. The standard InChI is InChI=1S/2C40H25N3S/c1-3-11-26(12-4-1)34-25-35(42-40(41-34)28-13-5-2-6-14-28)27-19-21-29(22-20-27)43-36-17-9-7-15-30(36)32-23-24-33-31-16-8-10-18-37(31)44-39(33)38(32)43;1-3-11-26(12-4-1)34-25-35(27-13-5-2-6-14-27)42-40(41-34)28-19-21-29(22-20-28)43-36-17-9-7-15-30(36)32-23-24-33-31-16-8-10-18-37(31)44-39(33)38(32)43/h2*1-25H. The summed E-state index contributed by atoms with van der Waals surface area (Å²) < 4.78 is 10.1. The summed E-state index contributed by atoms with van der Waals surface area (Å²) >= 11 is 3.75. The van der Waals surface area contributed by atoms with Gasteiger partial charge >= 0.3 is 0 Å². The van der Waals surface area contributed by atoms with E-state index in [4.69, 9.17) is 19.9 Å². The molecule has 0 aliphatic heterocycles. The zero-order chi connectivity index (χ0) is 58.1. The van der Waals surface area contributed by atoms with Crippen LogP contribution in [0.1, 0.15) is 0 Å². The van der Waals surface area contributed by atoms with Crippen LogP contribution in [0.3, 0.4) is 0 Å².